The molecule has 1 fully saturated rings. The van der Waals surface area contributed by atoms with Crippen molar-refractivity contribution in [3.8, 4) is 33.3 Å². The Balaban J connectivity index is 1.45. The first-order chi connectivity index (χ1) is 22.3. The number of thiazole rings is 1. The lowest BCUT2D eigenvalue weighted by Crippen LogP contribution is -2.43. The summed E-state index contributed by atoms with van der Waals surface area (Å²) in [7, 11) is 0. The monoisotopic (exact) mass is 672 g/mol. The SMILES string of the molecule is CCNC(=O)Nc1cc(-c2nc(C(F)(F)F)cs2)c(-c2ccnc(-c3nnc(CN(C(=O)OC(C)(C)C)C4CCCCC4)o3)c2)cn1. The summed E-state index contributed by atoms with van der Waals surface area (Å²) in [4.78, 5) is 39.4. The normalized spacial score (nSPS) is 14.1. The summed E-state index contributed by atoms with van der Waals surface area (Å²) in [5.41, 5.74) is -0.120. The van der Waals surface area contributed by atoms with E-state index in [1.165, 1.54) is 18.5 Å². The zero-order valence-electron chi connectivity index (χ0n) is 26.3. The van der Waals surface area contributed by atoms with E-state index in [4.69, 9.17) is 9.15 Å². The molecule has 0 atom stereocenters. The van der Waals surface area contributed by atoms with E-state index in [2.05, 4.69) is 35.8 Å². The van der Waals surface area contributed by atoms with Crippen molar-refractivity contribution >= 4 is 29.3 Å². The topological polar surface area (TPSA) is 148 Å². The zero-order chi connectivity index (χ0) is 33.8. The molecule has 3 amide bonds. The fraction of sp³-hybridized carbons (Fsp3) is 0.452. The van der Waals surface area contributed by atoms with E-state index >= 15 is 0 Å². The van der Waals surface area contributed by atoms with Gasteiger partial charge in [-0.1, -0.05) is 19.3 Å². The number of rotatable bonds is 8. The minimum absolute atomic E-state index is 0.0180. The van der Waals surface area contributed by atoms with E-state index in [1.54, 1.807) is 24.0 Å². The highest BCUT2D eigenvalue weighted by Crippen LogP contribution is 2.39. The smallest absolute Gasteiger partial charge is 0.434 e. The van der Waals surface area contributed by atoms with Crippen LogP contribution in [-0.2, 0) is 17.5 Å². The van der Waals surface area contributed by atoms with E-state index in [0.717, 1.165) is 48.8 Å². The highest BCUT2D eigenvalue weighted by Gasteiger charge is 2.34. The van der Waals surface area contributed by atoms with Crippen LogP contribution in [0.3, 0.4) is 0 Å². The highest BCUT2D eigenvalue weighted by molar-refractivity contribution is 7.13. The molecule has 0 bridgehead atoms. The van der Waals surface area contributed by atoms with Crippen LogP contribution in [-0.4, -0.2) is 60.4 Å². The Morgan fingerprint density at radius 2 is 1.85 bits per heavy atom. The summed E-state index contributed by atoms with van der Waals surface area (Å²) >= 11 is 0.817. The third kappa shape index (κ3) is 8.61. The number of anilines is 1. The van der Waals surface area contributed by atoms with Gasteiger partial charge >= 0.3 is 18.3 Å². The zero-order valence-corrected chi connectivity index (χ0v) is 27.2. The molecule has 4 heterocycles. The van der Waals surface area contributed by atoms with Crippen LogP contribution in [0.5, 0.6) is 0 Å². The molecule has 250 valence electrons. The fourth-order valence-corrected chi connectivity index (χ4v) is 5.97. The molecule has 0 radical (unpaired) electrons. The van der Waals surface area contributed by atoms with E-state index in [1.807, 2.05) is 20.8 Å². The third-order valence-electron chi connectivity index (χ3n) is 7.21. The predicted octanol–water partition coefficient (Wildman–Crippen LogP) is 7.55. The van der Waals surface area contributed by atoms with E-state index < -0.39 is 29.6 Å². The van der Waals surface area contributed by atoms with Gasteiger partial charge in [0.2, 0.25) is 5.89 Å². The van der Waals surface area contributed by atoms with Gasteiger partial charge in [0.25, 0.3) is 5.89 Å². The number of nitrogens with one attached hydrogen (secondary N) is 2. The van der Waals surface area contributed by atoms with Gasteiger partial charge in [-0.15, -0.1) is 21.5 Å². The number of ether oxygens (including phenoxy) is 1. The Morgan fingerprint density at radius 3 is 2.53 bits per heavy atom. The van der Waals surface area contributed by atoms with Crippen molar-refractivity contribution < 1.29 is 31.9 Å². The van der Waals surface area contributed by atoms with Crippen molar-refractivity contribution in [2.75, 3.05) is 11.9 Å². The van der Waals surface area contributed by atoms with E-state index in [0.29, 0.717) is 28.9 Å². The van der Waals surface area contributed by atoms with Crippen LogP contribution in [0.25, 0.3) is 33.3 Å². The van der Waals surface area contributed by atoms with Crippen LogP contribution in [0.2, 0.25) is 0 Å². The molecule has 0 aromatic carbocycles. The van der Waals surface area contributed by atoms with Gasteiger partial charge in [-0.3, -0.25) is 15.2 Å². The summed E-state index contributed by atoms with van der Waals surface area (Å²) in [6.45, 7) is 7.61. The quantitative estimate of drug-likeness (QED) is 0.194. The Bertz CT molecular complexity index is 1710. The molecular weight excluding hydrogens is 637 g/mol. The van der Waals surface area contributed by atoms with Gasteiger partial charge in [0.1, 0.15) is 28.7 Å². The van der Waals surface area contributed by atoms with Crippen LogP contribution in [0.15, 0.2) is 40.4 Å². The standard InChI is InChI=1S/C31H35F3N8O4S/c1-5-35-28(43)39-24-14-20(27-38-23(17-47-27)31(32,33)34)21(15-37-24)18-11-12-36-22(13-18)26-41-40-25(45-26)16-42(19-9-7-6-8-10-19)29(44)46-30(2,3)4/h11-15,17,19H,5-10,16H2,1-4H3,(H2,35,37,39,43). The highest BCUT2D eigenvalue weighted by atomic mass is 32.1. The lowest BCUT2D eigenvalue weighted by Gasteiger charge is -2.34. The molecule has 4 aromatic rings. The average Bonchev–Trinajstić information content (AvgIpc) is 3.70. The number of hydrogen-bond acceptors (Lipinski definition) is 10. The number of alkyl halides is 3. The van der Waals surface area contributed by atoms with Crippen molar-refractivity contribution in [1.82, 2.24) is 35.4 Å². The molecule has 0 aliphatic heterocycles. The second kappa shape index (κ2) is 14.0. The van der Waals surface area contributed by atoms with E-state index in [9.17, 15) is 22.8 Å². The third-order valence-corrected chi connectivity index (χ3v) is 8.09. The van der Waals surface area contributed by atoms with Gasteiger partial charge in [-0.05, 0) is 64.3 Å². The summed E-state index contributed by atoms with van der Waals surface area (Å²) < 4.78 is 51.9. The second-order valence-corrected chi connectivity index (χ2v) is 12.8. The maximum absolute atomic E-state index is 13.4. The minimum Gasteiger partial charge on any atom is -0.444 e. The van der Waals surface area contributed by atoms with Gasteiger partial charge in [0.05, 0.1) is 0 Å². The molecule has 12 nitrogen and oxygen atoms in total. The van der Waals surface area contributed by atoms with Crippen LogP contribution >= 0.6 is 11.3 Å². The second-order valence-electron chi connectivity index (χ2n) is 12.0. The maximum atomic E-state index is 13.4. The lowest BCUT2D eigenvalue weighted by atomic mass is 9.94. The van der Waals surface area contributed by atoms with Crippen LogP contribution in [0.1, 0.15) is 71.4 Å². The van der Waals surface area contributed by atoms with Crippen molar-refractivity contribution in [2.45, 2.75) is 84.2 Å². The molecule has 5 rings (SSSR count). The molecule has 4 aromatic heterocycles. The van der Waals surface area contributed by atoms with Crippen molar-refractivity contribution in [2.24, 2.45) is 0 Å². The van der Waals surface area contributed by atoms with Gasteiger partial charge < -0.3 is 14.5 Å². The number of aromatic nitrogens is 5. The first kappa shape index (κ1) is 33.8. The van der Waals surface area contributed by atoms with Crippen molar-refractivity contribution in [1.29, 1.82) is 0 Å². The Hall–Kier alpha value is -4.60. The number of urea groups is 1. The molecule has 47 heavy (non-hydrogen) atoms. The summed E-state index contributed by atoms with van der Waals surface area (Å²) in [6.07, 6.45) is 2.68. The van der Waals surface area contributed by atoms with Gasteiger partial charge in [0.15, 0.2) is 5.69 Å². The largest absolute Gasteiger partial charge is 0.444 e. The number of pyridine rings is 2. The summed E-state index contributed by atoms with van der Waals surface area (Å²) in [5, 5.41) is 14.5. The first-order valence-corrected chi connectivity index (χ1v) is 16.1. The Morgan fingerprint density at radius 1 is 1.09 bits per heavy atom. The molecule has 1 saturated carbocycles. The Labute approximate surface area is 273 Å². The van der Waals surface area contributed by atoms with Gasteiger partial charge in [-0.2, -0.15) is 13.2 Å². The van der Waals surface area contributed by atoms with Crippen LogP contribution in [0, 0.1) is 0 Å². The molecule has 0 spiro atoms. The number of halogens is 3. The number of nitrogens with zero attached hydrogens (tertiary/aromatic N) is 6. The molecule has 16 heteroatoms. The first-order valence-electron chi connectivity index (χ1n) is 15.2. The summed E-state index contributed by atoms with van der Waals surface area (Å²) in [6, 6.07) is 4.23. The predicted molar refractivity (Wildman–Crippen MR) is 168 cm³/mol. The van der Waals surface area contributed by atoms with Crippen LogP contribution in [0.4, 0.5) is 28.6 Å². The summed E-state index contributed by atoms with van der Waals surface area (Å²) in [5.74, 6) is 0.420. The molecule has 1 aliphatic rings. The number of amides is 3. The minimum atomic E-state index is -4.63. The maximum Gasteiger partial charge on any atom is 0.434 e. The average molecular weight is 673 g/mol. The van der Waals surface area contributed by atoms with Gasteiger partial charge in [0, 0.05) is 41.5 Å². The number of hydrogen-bond donors (Lipinski definition) is 2. The molecule has 2 N–H and O–H groups in total. The van der Waals surface area contributed by atoms with Crippen molar-refractivity contribution in [3.05, 3.63) is 47.6 Å². The lowest BCUT2D eigenvalue weighted by molar-refractivity contribution is -0.140. The Kier molecular flexibility index (Phi) is 10.1. The van der Waals surface area contributed by atoms with Crippen molar-refractivity contribution in [3.63, 3.8) is 0 Å². The van der Waals surface area contributed by atoms with E-state index in [-0.39, 0.29) is 35.2 Å². The molecule has 0 unspecified atom stereocenters. The number of carbonyl (C=O) groups excluding carboxylic acids is 2. The fourth-order valence-electron chi connectivity index (χ4n) is 5.12. The molecule has 1 aliphatic carbocycles. The molecule has 0 saturated heterocycles. The number of carbonyl (C=O) groups is 2. The van der Waals surface area contributed by atoms with Crippen LogP contribution < -0.4 is 10.6 Å². The molecular formula is C31H35F3N8O4S. The van der Waals surface area contributed by atoms with Gasteiger partial charge in [-0.25, -0.2) is 19.6 Å².